The van der Waals surface area contributed by atoms with Gasteiger partial charge in [-0.1, -0.05) is 12.1 Å². The molecule has 2 aromatic carbocycles. The third-order valence-corrected chi connectivity index (χ3v) is 3.16. The van der Waals surface area contributed by atoms with Crippen LogP contribution in [0.1, 0.15) is 34.5 Å². The quantitative estimate of drug-likeness (QED) is 0.905. The summed E-state index contributed by atoms with van der Waals surface area (Å²) in [7, 11) is 0. The van der Waals surface area contributed by atoms with E-state index in [9.17, 15) is 9.18 Å². The SMILES string of the molecule is CC(Nc1cc(C(N)=O)ccc1F)c1ccc(C#N)cc1. The second-order valence-corrected chi connectivity index (χ2v) is 4.66. The average Bonchev–Trinajstić information content (AvgIpc) is 2.49. The number of carbonyl (C=O) groups excluding carboxylic acids is 1. The number of anilines is 1. The maximum atomic E-state index is 13.8. The van der Waals surface area contributed by atoms with E-state index in [-0.39, 0.29) is 17.3 Å². The monoisotopic (exact) mass is 283 g/mol. The fourth-order valence-electron chi connectivity index (χ4n) is 1.95. The molecule has 0 aliphatic rings. The van der Waals surface area contributed by atoms with Crippen LogP contribution in [0.25, 0.3) is 0 Å². The Kier molecular flexibility index (Phi) is 4.19. The van der Waals surface area contributed by atoms with Gasteiger partial charge in [0.1, 0.15) is 5.82 Å². The Hall–Kier alpha value is -2.87. The number of nitrogens with two attached hydrogens (primary N) is 1. The van der Waals surface area contributed by atoms with E-state index in [4.69, 9.17) is 11.0 Å². The van der Waals surface area contributed by atoms with Gasteiger partial charge in [0.25, 0.3) is 0 Å². The first kappa shape index (κ1) is 14.5. The number of rotatable bonds is 4. The molecule has 0 aromatic heterocycles. The summed E-state index contributed by atoms with van der Waals surface area (Å²) in [4.78, 5) is 11.1. The molecule has 1 atom stereocenters. The minimum atomic E-state index is -0.607. The zero-order valence-electron chi connectivity index (χ0n) is 11.4. The zero-order valence-corrected chi connectivity index (χ0v) is 11.4. The maximum Gasteiger partial charge on any atom is 0.248 e. The minimum absolute atomic E-state index is 0.185. The molecular formula is C16H14FN3O. The van der Waals surface area contributed by atoms with Crippen LogP contribution in [0.3, 0.4) is 0 Å². The van der Waals surface area contributed by atoms with Crippen LogP contribution in [0.2, 0.25) is 0 Å². The fourth-order valence-corrected chi connectivity index (χ4v) is 1.95. The normalized spacial score (nSPS) is 11.5. The van der Waals surface area contributed by atoms with E-state index in [0.717, 1.165) is 5.56 Å². The van der Waals surface area contributed by atoms with Crippen molar-refractivity contribution in [2.75, 3.05) is 5.32 Å². The molecule has 5 heteroatoms. The largest absolute Gasteiger partial charge is 0.376 e. The molecule has 3 N–H and O–H groups in total. The standard InChI is InChI=1S/C16H14FN3O/c1-10(12-4-2-11(9-18)3-5-12)20-15-8-13(16(19)21)6-7-14(15)17/h2-8,10,20H,1H3,(H2,19,21). The number of nitrogens with zero attached hydrogens (tertiary/aromatic N) is 1. The van der Waals surface area contributed by atoms with Gasteiger partial charge in [-0.3, -0.25) is 4.79 Å². The Balaban J connectivity index is 2.22. The topological polar surface area (TPSA) is 78.9 Å². The fraction of sp³-hybridized carbons (Fsp3) is 0.125. The average molecular weight is 283 g/mol. The van der Waals surface area contributed by atoms with E-state index in [1.165, 1.54) is 18.2 Å². The lowest BCUT2D eigenvalue weighted by atomic mass is 10.1. The zero-order chi connectivity index (χ0) is 15.4. The van der Waals surface area contributed by atoms with Gasteiger partial charge >= 0.3 is 0 Å². The predicted octanol–water partition coefficient (Wildman–Crippen LogP) is 2.97. The summed E-state index contributed by atoms with van der Waals surface area (Å²) in [6.45, 7) is 1.86. The van der Waals surface area contributed by atoms with E-state index in [1.807, 2.05) is 13.0 Å². The molecule has 0 heterocycles. The first-order valence-corrected chi connectivity index (χ1v) is 6.37. The summed E-state index contributed by atoms with van der Waals surface area (Å²) >= 11 is 0. The van der Waals surface area contributed by atoms with Crippen molar-refractivity contribution in [2.24, 2.45) is 5.73 Å². The molecule has 0 fully saturated rings. The van der Waals surface area contributed by atoms with Crippen molar-refractivity contribution < 1.29 is 9.18 Å². The molecule has 0 aliphatic carbocycles. The Morgan fingerprint density at radius 2 is 1.95 bits per heavy atom. The molecule has 1 amide bonds. The van der Waals surface area contributed by atoms with Crippen LogP contribution >= 0.6 is 0 Å². The first-order valence-electron chi connectivity index (χ1n) is 6.37. The van der Waals surface area contributed by atoms with E-state index in [2.05, 4.69) is 5.32 Å². The van der Waals surface area contributed by atoms with Gasteiger partial charge in [0.05, 0.1) is 17.3 Å². The first-order chi connectivity index (χ1) is 10.0. The maximum absolute atomic E-state index is 13.8. The van der Waals surface area contributed by atoms with Gasteiger partial charge in [0.2, 0.25) is 5.91 Å². The summed E-state index contributed by atoms with van der Waals surface area (Å²) < 4.78 is 13.8. The Labute approximate surface area is 122 Å². The summed E-state index contributed by atoms with van der Waals surface area (Å²) in [5.41, 5.74) is 7.10. The highest BCUT2D eigenvalue weighted by molar-refractivity contribution is 5.93. The van der Waals surface area contributed by atoms with Crippen molar-refractivity contribution in [1.82, 2.24) is 0 Å². The van der Waals surface area contributed by atoms with E-state index in [1.54, 1.807) is 24.3 Å². The van der Waals surface area contributed by atoms with Crippen LogP contribution < -0.4 is 11.1 Å². The van der Waals surface area contributed by atoms with Crippen LogP contribution in [0, 0.1) is 17.1 Å². The molecule has 1 unspecified atom stereocenters. The number of nitriles is 1. The summed E-state index contributed by atoms with van der Waals surface area (Å²) in [5, 5.41) is 11.8. The molecule has 0 saturated heterocycles. The Morgan fingerprint density at radius 3 is 2.52 bits per heavy atom. The number of hydrogen-bond acceptors (Lipinski definition) is 3. The summed E-state index contributed by atoms with van der Waals surface area (Å²) in [6.07, 6.45) is 0. The van der Waals surface area contributed by atoms with Gasteiger partial charge in [-0.25, -0.2) is 4.39 Å². The van der Waals surface area contributed by atoms with Gasteiger partial charge < -0.3 is 11.1 Å². The van der Waals surface area contributed by atoms with Crippen molar-refractivity contribution in [1.29, 1.82) is 5.26 Å². The van der Waals surface area contributed by atoms with Crippen molar-refractivity contribution >= 4 is 11.6 Å². The van der Waals surface area contributed by atoms with Crippen molar-refractivity contribution in [3.63, 3.8) is 0 Å². The number of carbonyl (C=O) groups is 1. The lowest BCUT2D eigenvalue weighted by Gasteiger charge is -2.16. The summed E-state index contributed by atoms with van der Waals surface area (Å²) in [5.74, 6) is -1.07. The molecule has 4 nitrogen and oxygen atoms in total. The van der Waals surface area contributed by atoms with Crippen molar-refractivity contribution in [3.05, 3.63) is 65.0 Å². The second kappa shape index (κ2) is 6.06. The highest BCUT2D eigenvalue weighted by Crippen LogP contribution is 2.23. The molecule has 0 bridgehead atoms. The second-order valence-electron chi connectivity index (χ2n) is 4.66. The number of halogens is 1. The van der Waals surface area contributed by atoms with Crippen molar-refractivity contribution in [3.8, 4) is 6.07 Å². The Morgan fingerprint density at radius 1 is 1.29 bits per heavy atom. The van der Waals surface area contributed by atoms with Crippen LogP contribution in [0.5, 0.6) is 0 Å². The molecule has 0 spiro atoms. The molecule has 0 radical (unpaired) electrons. The Bertz CT molecular complexity index is 704. The molecule has 106 valence electrons. The number of amides is 1. The van der Waals surface area contributed by atoms with E-state index in [0.29, 0.717) is 5.56 Å². The summed E-state index contributed by atoms with van der Waals surface area (Å²) in [6, 6.07) is 12.8. The highest BCUT2D eigenvalue weighted by Gasteiger charge is 2.11. The van der Waals surface area contributed by atoms with Crippen LogP contribution in [-0.4, -0.2) is 5.91 Å². The van der Waals surface area contributed by atoms with Gasteiger partial charge in [0, 0.05) is 11.6 Å². The molecule has 21 heavy (non-hydrogen) atoms. The van der Waals surface area contributed by atoms with Gasteiger partial charge in [-0.2, -0.15) is 5.26 Å². The number of primary amides is 1. The minimum Gasteiger partial charge on any atom is -0.376 e. The smallest absolute Gasteiger partial charge is 0.248 e. The van der Waals surface area contributed by atoms with E-state index < -0.39 is 11.7 Å². The van der Waals surface area contributed by atoms with Gasteiger partial charge in [-0.15, -0.1) is 0 Å². The molecule has 2 rings (SSSR count). The van der Waals surface area contributed by atoms with Crippen LogP contribution in [-0.2, 0) is 0 Å². The number of benzene rings is 2. The molecule has 0 aliphatic heterocycles. The van der Waals surface area contributed by atoms with Crippen molar-refractivity contribution in [2.45, 2.75) is 13.0 Å². The lowest BCUT2D eigenvalue weighted by Crippen LogP contribution is -2.13. The van der Waals surface area contributed by atoms with Gasteiger partial charge in [0.15, 0.2) is 0 Å². The predicted molar refractivity (Wildman–Crippen MR) is 78.1 cm³/mol. The number of hydrogen-bond donors (Lipinski definition) is 2. The lowest BCUT2D eigenvalue weighted by molar-refractivity contribution is 0.100. The number of nitrogens with one attached hydrogen (secondary N) is 1. The van der Waals surface area contributed by atoms with Gasteiger partial charge in [-0.05, 0) is 42.8 Å². The molecule has 2 aromatic rings. The highest BCUT2D eigenvalue weighted by atomic mass is 19.1. The molecular weight excluding hydrogens is 269 g/mol. The molecule has 0 saturated carbocycles. The van der Waals surface area contributed by atoms with E-state index >= 15 is 0 Å². The third kappa shape index (κ3) is 3.37. The van der Waals surface area contributed by atoms with Crippen LogP contribution in [0.15, 0.2) is 42.5 Å². The third-order valence-electron chi connectivity index (χ3n) is 3.16. The van der Waals surface area contributed by atoms with Crippen LogP contribution in [0.4, 0.5) is 10.1 Å².